The van der Waals surface area contributed by atoms with E-state index in [1.807, 2.05) is 0 Å². The van der Waals surface area contributed by atoms with Crippen molar-refractivity contribution < 1.29 is 19.1 Å². The van der Waals surface area contributed by atoms with E-state index in [-0.39, 0.29) is 0 Å². The predicted molar refractivity (Wildman–Crippen MR) is 98.9 cm³/mol. The molecule has 0 aromatic heterocycles. The molecule has 0 bridgehead atoms. The van der Waals surface area contributed by atoms with E-state index in [1.165, 1.54) is 7.11 Å². The summed E-state index contributed by atoms with van der Waals surface area (Å²) in [6, 6.07) is 20.4. The first kappa shape index (κ1) is 17.3. The quantitative estimate of drug-likeness (QED) is 0.381. The number of methoxy groups -OCH3 is 1. The van der Waals surface area contributed by atoms with Crippen molar-refractivity contribution >= 4 is 17.9 Å². The molecule has 0 saturated heterocycles. The zero-order valence-electron chi connectivity index (χ0n) is 14.1. The van der Waals surface area contributed by atoms with Crippen molar-refractivity contribution in [3.63, 3.8) is 0 Å². The lowest BCUT2D eigenvalue weighted by atomic mass is 9.93. The maximum atomic E-state index is 12.8. The molecule has 0 radical (unpaired) electrons. The third-order valence-corrected chi connectivity index (χ3v) is 4.09. The van der Waals surface area contributed by atoms with Crippen molar-refractivity contribution in [2.24, 2.45) is 0 Å². The van der Waals surface area contributed by atoms with E-state index in [0.29, 0.717) is 39.9 Å². The zero-order valence-corrected chi connectivity index (χ0v) is 14.1. The maximum absolute atomic E-state index is 12.8. The van der Waals surface area contributed by atoms with Crippen molar-refractivity contribution in [2.75, 3.05) is 7.11 Å². The molecule has 0 saturated carbocycles. The first-order valence-electron chi connectivity index (χ1n) is 8.02. The van der Waals surface area contributed by atoms with E-state index < -0.39 is 11.6 Å². The highest BCUT2D eigenvalue weighted by Gasteiger charge is 2.21. The van der Waals surface area contributed by atoms with Gasteiger partial charge in [0.25, 0.3) is 0 Å². The molecule has 26 heavy (non-hydrogen) atoms. The fourth-order valence-corrected chi connectivity index (χ4v) is 2.75. The van der Waals surface area contributed by atoms with E-state index in [4.69, 9.17) is 4.74 Å². The van der Waals surface area contributed by atoms with Crippen LogP contribution < -0.4 is 4.74 Å². The van der Waals surface area contributed by atoms with Crippen LogP contribution in [0, 0.1) is 0 Å². The molecule has 4 heteroatoms. The van der Waals surface area contributed by atoms with Crippen LogP contribution in [0.25, 0.3) is 11.1 Å². The average molecular weight is 344 g/mol. The summed E-state index contributed by atoms with van der Waals surface area (Å²) in [5.74, 6) is -0.728. The van der Waals surface area contributed by atoms with Crippen molar-refractivity contribution in [3.8, 4) is 16.9 Å². The molecule has 0 aliphatic carbocycles. The van der Waals surface area contributed by atoms with Gasteiger partial charge in [-0.2, -0.15) is 0 Å². The smallest absolute Gasteiger partial charge is 0.234 e. The van der Waals surface area contributed by atoms with Crippen molar-refractivity contribution in [3.05, 3.63) is 89.5 Å². The maximum Gasteiger partial charge on any atom is 0.234 e. The Bertz CT molecular complexity index is 974. The lowest BCUT2D eigenvalue weighted by Gasteiger charge is -2.11. The van der Waals surface area contributed by atoms with Gasteiger partial charge in [0.1, 0.15) is 5.75 Å². The molecular weight excluding hydrogens is 328 g/mol. The van der Waals surface area contributed by atoms with Gasteiger partial charge in [0.2, 0.25) is 11.6 Å². The third-order valence-electron chi connectivity index (χ3n) is 4.09. The molecule has 3 aromatic carbocycles. The fraction of sp³-hybridized carbons (Fsp3) is 0.0455. The standard InChI is InChI=1S/C22H16O4/c1-26-20-13-16(11-12-17(20)14-23)18-9-5-6-10-19(18)22(25)21(24)15-7-3-2-4-8-15/h2-14H,1H3. The molecule has 0 aliphatic heterocycles. The summed E-state index contributed by atoms with van der Waals surface area (Å²) < 4.78 is 5.23. The minimum atomic E-state index is -0.578. The van der Waals surface area contributed by atoms with E-state index in [0.717, 1.165) is 0 Å². The number of aldehydes is 1. The van der Waals surface area contributed by atoms with Gasteiger partial charge < -0.3 is 4.74 Å². The monoisotopic (exact) mass is 344 g/mol. The number of carbonyl (C=O) groups is 3. The lowest BCUT2D eigenvalue weighted by molar-refractivity contribution is 0.0817. The van der Waals surface area contributed by atoms with Gasteiger partial charge in [-0.3, -0.25) is 14.4 Å². The van der Waals surface area contributed by atoms with Crippen LogP contribution in [0.15, 0.2) is 72.8 Å². The molecule has 0 amide bonds. The summed E-state index contributed by atoms with van der Waals surface area (Å²) in [6.07, 6.45) is 0.707. The molecular formula is C22H16O4. The predicted octanol–water partition coefficient (Wildman–Crippen LogP) is 4.24. The largest absolute Gasteiger partial charge is 0.496 e. The van der Waals surface area contributed by atoms with Gasteiger partial charge in [0.05, 0.1) is 12.7 Å². The molecule has 4 nitrogen and oxygen atoms in total. The highest BCUT2D eigenvalue weighted by atomic mass is 16.5. The van der Waals surface area contributed by atoms with Crippen LogP contribution in [0.1, 0.15) is 31.1 Å². The second kappa shape index (κ2) is 7.57. The molecule has 0 fully saturated rings. The second-order valence-corrected chi connectivity index (χ2v) is 5.64. The number of carbonyl (C=O) groups excluding carboxylic acids is 3. The Kier molecular flexibility index (Phi) is 5.04. The number of rotatable bonds is 6. The van der Waals surface area contributed by atoms with E-state index in [1.54, 1.807) is 72.8 Å². The van der Waals surface area contributed by atoms with Gasteiger partial charge >= 0.3 is 0 Å². The first-order valence-corrected chi connectivity index (χ1v) is 8.02. The zero-order chi connectivity index (χ0) is 18.5. The summed E-state index contributed by atoms with van der Waals surface area (Å²) in [4.78, 5) is 36.4. The highest BCUT2D eigenvalue weighted by molar-refractivity contribution is 6.50. The van der Waals surface area contributed by atoms with Gasteiger partial charge in [-0.1, -0.05) is 60.7 Å². The number of hydrogen-bond acceptors (Lipinski definition) is 4. The first-order chi connectivity index (χ1) is 12.7. The van der Waals surface area contributed by atoms with E-state index in [9.17, 15) is 14.4 Å². The Hall–Kier alpha value is -3.53. The minimum Gasteiger partial charge on any atom is -0.496 e. The molecule has 0 heterocycles. The Labute approximate surface area is 151 Å². The average Bonchev–Trinajstić information content (AvgIpc) is 2.72. The summed E-state index contributed by atoms with van der Waals surface area (Å²) >= 11 is 0. The summed E-state index contributed by atoms with van der Waals surface area (Å²) in [5, 5.41) is 0. The van der Waals surface area contributed by atoms with Crippen LogP contribution in [0.3, 0.4) is 0 Å². The van der Waals surface area contributed by atoms with Crippen LogP contribution in [0.4, 0.5) is 0 Å². The Balaban J connectivity index is 2.05. The molecule has 0 spiro atoms. The Morgan fingerprint density at radius 2 is 1.54 bits per heavy atom. The molecule has 0 unspecified atom stereocenters. The number of benzene rings is 3. The topological polar surface area (TPSA) is 60.4 Å². The van der Waals surface area contributed by atoms with Gasteiger partial charge in [-0.25, -0.2) is 0 Å². The number of ketones is 2. The molecule has 128 valence electrons. The summed E-state index contributed by atoms with van der Waals surface area (Å²) in [6.45, 7) is 0. The SMILES string of the molecule is COc1cc(-c2ccccc2C(=O)C(=O)c2ccccc2)ccc1C=O. The van der Waals surface area contributed by atoms with Crippen LogP contribution >= 0.6 is 0 Å². The van der Waals surface area contributed by atoms with Crippen LogP contribution in [0.5, 0.6) is 5.75 Å². The molecule has 0 aliphatic rings. The number of ether oxygens (including phenoxy) is 1. The second-order valence-electron chi connectivity index (χ2n) is 5.64. The minimum absolute atomic E-state index is 0.308. The van der Waals surface area contributed by atoms with Gasteiger partial charge in [0, 0.05) is 11.1 Å². The normalized spacial score (nSPS) is 10.2. The van der Waals surface area contributed by atoms with Crippen LogP contribution in [-0.2, 0) is 0 Å². The lowest BCUT2D eigenvalue weighted by Crippen LogP contribution is -2.15. The van der Waals surface area contributed by atoms with Crippen molar-refractivity contribution in [1.82, 2.24) is 0 Å². The van der Waals surface area contributed by atoms with E-state index in [2.05, 4.69) is 0 Å². The fourth-order valence-electron chi connectivity index (χ4n) is 2.75. The van der Waals surface area contributed by atoms with Crippen molar-refractivity contribution in [2.45, 2.75) is 0 Å². The summed E-state index contributed by atoms with van der Waals surface area (Å²) in [5.41, 5.74) is 2.37. The Morgan fingerprint density at radius 3 is 2.23 bits per heavy atom. The van der Waals surface area contributed by atoms with Crippen LogP contribution in [0.2, 0.25) is 0 Å². The molecule has 0 N–H and O–H groups in total. The van der Waals surface area contributed by atoms with Gasteiger partial charge in [-0.05, 0) is 23.3 Å². The van der Waals surface area contributed by atoms with Crippen LogP contribution in [-0.4, -0.2) is 25.0 Å². The molecule has 3 rings (SSSR count). The Morgan fingerprint density at radius 1 is 0.846 bits per heavy atom. The van der Waals surface area contributed by atoms with Gasteiger partial charge in [0.15, 0.2) is 6.29 Å². The highest BCUT2D eigenvalue weighted by Crippen LogP contribution is 2.29. The van der Waals surface area contributed by atoms with Crippen molar-refractivity contribution in [1.29, 1.82) is 0 Å². The number of hydrogen-bond donors (Lipinski definition) is 0. The van der Waals surface area contributed by atoms with Gasteiger partial charge in [-0.15, -0.1) is 0 Å². The number of Topliss-reactive ketones (excluding diaryl/α,β-unsaturated/α-hetero) is 2. The molecule has 3 aromatic rings. The van der Waals surface area contributed by atoms with E-state index >= 15 is 0 Å². The molecule has 0 atom stereocenters. The third kappa shape index (κ3) is 3.30. The summed E-state index contributed by atoms with van der Waals surface area (Å²) in [7, 11) is 1.47.